The van der Waals surface area contributed by atoms with Crippen LogP contribution < -0.4 is 11.6 Å². The van der Waals surface area contributed by atoms with E-state index in [1.165, 1.54) is 24.4 Å². The first-order valence-electron chi connectivity index (χ1n) is 3.73. The van der Waals surface area contributed by atoms with Crippen molar-refractivity contribution in [2.24, 2.45) is 21.7 Å². The zero-order chi connectivity index (χ0) is 10.6. The maximum Gasteiger partial charge on any atom is 0.236 e. The second-order valence-corrected chi connectivity index (χ2v) is 2.49. The minimum Gasteiger partial charge on any atom is -0.508 e. The van der Waals surface area contributed by atoms with Gasteiger partial charge < -0.3 is 21.8 Å². The lowest BCUT2D eigenvalue weighted by molar-refractivity contribution is 0.459. The van der Waals surface area contributed by atoms with Crippen LogP contribution >= 0.6 is 0 Å². The summed E-state index contributed by atoms with van der Waals surface area (Å²) in [5.74, 6) is 4.73. The molecule has 6 nitrogen and oxygen atoms in total. The van der Waals surface area contributed by atoms with E-state index in [2.05, 4.69) is 10.1 Å². The summed E-state index contributed by atoms with van der Waals surface area (Å²) in [4.78, 5) is 3.62. The maximum atomic E-state index is 9.31. The molecule has 1 aromatic carbocycles. The number of nitrogens with two attached hydrogens (primary N) is 2. The largest absolute Gasteiger partial charge is 0.508 e. The summed E-state index contributed by atoms with van der Waals surface area (Å²) >= 11 is 0. The molecule has 1 rings (SSSR count). The van der Waals surface area contributed by atoms with Crippen molar-refractivity contribution in [1.82, 2.24) is 0 Å². The van der Waals surface area contributed by atoms with Crippen LogP contribution in [0.2, 0.25) is 0 Å². The molecule has 0 atom stereocenters. The van der Waals surface area contributed by atoms with Crippen LogP contribution in [0.1, 0.15) is 5.56 Å². The van der Waals surface area contributed by atoms with Gasteiger partial charge in [-0.25, -0.2) is 4.99 Å². The van der Waals surface area contributed by atoms with E-state index in [1.807, 2.05) is 0 Å². The second-order valence-electron chi connectivity index (χ2n) is 2.49. The zero-order valence-electron chi connectivity index (χ0n) is 7.25. The minimum absolute atomic E-state index is 0.0172. The Balaban J connectivity index is 2.96. The fourth-order valence-corrected chi connectivity index (χ4v) is 0.814. The summed E-state index contributed by atoms with van der Waals surface area (Å²) < 4.78 is 0. The van der Waals surface area contributed by atoms with Gasteiger partial charge in [0.25, 0.3) is 0 Å². The number of hydrogen-bond acceptors (Lipinski definition) is 4. The van der Waals surface area contributed by atoms with E-state index >= 15 is 0 Å². The van der Waals surface area contributed by atoms with Crippen molar-refractivity contribution in [3.63, 3.8) is 0 Å². The SMILES string of the molecule is N/N=C(\N)N=Cc1cc(O)ccc1O. The molecule has 1 aromatic rings. The van der Waals surface area contributed by atoms with Crippen molar-refractivity contribution in [3.05, 3.63) is 23.8 Å². The van der Waals surface area contributed by atoms with E-state index in [-0.39, 0.29) is 17.5 Å². The first-order chi connectivity index (χ1) is 6.63. The lowest BCUT2D eigenvalue weighted by Gasteiger charge is -1.98. The van der Waals surface area contributed by atoms with Crippen molar-refractivity contribution < 1.29 is 10.2 Å². The number of rotatable bonds is 1. The highest BCUT2D eigenvalue weighted by atomic mass is 16.3. The van der Waals surface area contributed by atoms with Crippen LogP contribution in [0.3, 0.4) is 0 Å². The van der Waals surface area contributed by atoms with Crippen molar-refractivity contribution >= 4 is 12.2 Å². The first-order valence-corrected chi connectivity index (χ1v) is 3.73. The highest BCUT2D eigenvalue weighted by Gasteiger charge is 1.98. The minimum atomic E-state index is -0.118. The molecule has 0 fully saturated rings. The molecule has 0 aliphatic rings. The average molecular weight is 194 g/mol. The fourth-order valence-electron chi connectivity index (χ4n) is 0.814. The Hall–Kier alpha value is -2.24. The Morgan fingerprint density at radius 1 is 1.36 bits per heavy atom. The number of guanidine groups is 1. The smallest absolute Gasteiger partial charge is 0.236 e. The number of phenols is 2. The molecule has 0 saturated carbocycles. The Morgan fingerprint density at radius 2 is 2.07 bits per heavy atom. The van der Waals surface area contributed by atoms with Gasteiger partial charge in [0, 0.05) is 11.8 Å². The van der Waals surface area contributed by atoms with Crippen molar-refractivity contribution in [2.45, 2.75) is 0 Å². The highest BCUT2D eigenvalue weighted by molar-refractivity contribution is 5.94. The van der Waals surface area contributed by atoms with Gasteiger partial charge in [0.1, 0.15) is 11.5 Å². The molecule has 0 unspecified atom stereocenters. The number of aromatic hydroxyl groups is 2. The summed E-state index contributed by atoms with van der Waals surface area (Å²) in [6, 6.07) is 4.03. The quantitative estimate of drug-likeness (QED) is 0.161. The van der Waals surface area contributed by atoms with E-state index in [4.69, 9.17) is 16.7 Å². The molecular formula is C8H10N4O2. The third-order valence-corrected chi connectivity index (χ3v) is 1.48. The van der Waals surface area contributed by atoms with E-state index in [0.29, 0.717) is 5.56 Å². The summed E-state index contributed by atoms with van der Waals surface area (Å²) in [6.07, 6.45) is 1.25. The molecule has 6 N–H and O–H groups in total. The van der Waals surface area contributed by atoms with Crippen molar-refractivity contribution in [2.75, 3.05) is 0 Å². The third-order valence-electron chi connectivity index (χ3n) is 1.48. The van der Waals surface area contributed by atoms with E-state index in [0.717, 1.165) is 0 Å². The van der Waals surface area contributed by atoms with Crippen LogP contribution in [0.4, 0.5) is 0 Å². The van der Waals surface area contributed by atoms with Gasteiger partial charge in [0.05, 0.1) is 0 Å². The standard InChI is InChI=1S/C8H10N4O2/c9-8(12-10)11-4-5-3-6(13)1-2-7(5)14/h1-4,13-14H,10H2,(H2,9,12). The molecule has 0 saturated heterocycles. The molecule has 0 spiro atoms. The van der Waals surface area contributed by atoms with Crippen LogP contribution in [-0.2, 0) is 0 Å². The van der Waals surface area contributed by atoms with Gasteiger partial charge in [-0.2, -0.15) is 0 Å². The number of phenolic OH excluding ortho intramolecular Hbond substituents is 2. The van der Waals surface area contributed by atoms with Crippen LogP contribution in [0.15, 0.2) is 28.3 Å². The molecule has 0 amide bonds. The van der Waals surface area contributed by atoms with Gasteiger partial charge in [-0.15, -0.1) is 5.10 Å². The van der Waals surface area contributed by atoms with Gasteiger partial charge in [-0.3, -0.25) is 0 Å². The fraction of sp³-hybridized carbons (Fsp3) is 0. The normalized spacial score (nSPS) is 12.1. The van der Waals surface area contributed by atoms with Gasteiger partial charge in [-0.05, 0) is 18.2 Å². The molecule has 0 heterocycles. The number of benzene rings is 1. The van der Waals surface area contributed by atoms with Crippen LogP contribution in [0, 0.1) is 0 Å². The van der Waals surface area contributed by atoms with E-state index < -0.39 is 0 Å². The van der Waals surface area contributed by atoms with Crippen molar-refractivity contribution in [3.8, 4) is 11.5 Å². The second kappa shape index (κ2) is 4.13. The lowest BCUT2D eigenvalue weighted by Crippen LogP contribution is -2.10. The molecule has 0 radical (unpaired) electrons. The van der Waals surface area contributed by atoms with Gasteiger partial charge >= 0.3 is 0 Å². The molecule has 0 aliphatic heterocycles. The van der Waals surface area contributed by atoms with Crippen LogP contribution in [0.5, 0.6) is 11.5 Å². The highest BCUT2D eigenvalue weighted by Crippen LogP contribution is 2.19. The number of hydrazone groups is 1. The molecule has 14 heavy (non-hydrogen) atoms. The Labute approximate surface area is 80.2 Å². The molecule has 0 aliphatic carbocycles. The van der Waals surface area contributed by atoms with Gasteiger partial charge in [0.2, 0.25) is 5.96 Å². The number of hydrogen-bond donors (Lipinski definition) is 4. The maximum absolute atomic E-state index is 9.31. The number of aliphatic imine (C=N–C) groups is 1. The van der Waals surface area contributed by atoms with E-state index in [9.17, 15) is 5.11 Å². The monoisotopic (exact) mass is 194 g/mol. The molecule has 0 bridgehead atoms. The topological polar surface area (TPSA) is 117 Å². The summed E-state index contributed by atoms with van der Waals surface area (Å²) in [6.45, 7) is 0. The summed E-state index contributed by atoms with van der Waals surface area (Å²) in [5.41, 5.74) is 5.52. The van der Waals surface area contributed by atoms with Gasteiger partial charge in [-0.1, -0.05) is 0 Å². The predicted molar refractivity (Wildman–Crippen MR) is 53.2 cm³/mol. The van der Waals surface area contributed by atoms with Crippen LogP contribution in [-0.4, -0.2) is 22.4 Å². The summed E-state index contributed by atoms with van der Waals surface area (Å²) in [7, 11) is 0. The zero-order valence-corrected chi connectivity index (χ0v) is 7.25. The predicted octanol–water partition coefficient (Wildman–Crippen LogP) is -0.295. The molecule has 0 aromatic heterocycles. The first kappa shape index (κ1) is 9.85. The Bertz CT molecular complexity index is 387. The molecule has 6 heteroatoms. The third kappa shape index (κ3) is 2.37. The van der Waals surface area contributed by atoms with Gasteiger partial charge in [0.15, 0.2) is 0 Å². The number of nitrogens with zero attached hydrogens (tertiary/aromatic N) is 2. The molecular weight excluding hydrogens is 184 g/mol. The lowest BCUT2D eigenvalue weighted by atomic mass is 10.2. The Kier molecular flexibility index (Phi) is 2.90. The average Bonchev–Trinajstić information content (AvgIpc) is 2.19. The Morgan fingerprint density at radius 3 is 2.71 bits per heavy atom. The summed E-state index contributed by atoms with van der Waals surface area (Å²) in [5, 5.41) is 21.5. The van der Waals surface area contributed by atoms with Crippen LogP contribution in [0.25, 0.3) is 0 Å². The van der Waals surface area contributed by atoms with Crippen molar-refractivity contribution in [1.29, 1.82) is 0 Å². The van der Waals surface area contributed by atoms with E-state index in [1.54, 1.807) is 0 Å². The molecule has 74 valence electrons.